The molecule has 0 radical (unpaired) electrons. The Hall–Kier alpha value is -3.34. The van der Waals surface area contributed by atoms with E-state index in [9.17, 15) is 9.59 Å². The van der Waals surface area contributed by atoms with E-state index in [1.54, 1.807) is 44.6 Å². The number of carbonyl (C=O) groups excluding carboxylic acids is 2. The van der Waals surface area contributed by atoms with Crippen LogP contribution < -0.4 is 14.8 Å². The molecule has 126 valence electrons. The van der Waals surface area contributed by atoms with E-state index in [-0.39, 0.29) is 0 Å². The maximum atomic E-state index is 12.2. The van der Waals surface area contributed by atoms with E-state index < -0.39 is 11.8 Å². The van der Waals surface area contributed by atoms with E-state index in [2.05, 4.69) is 5.32 Å². The van der Waals surface area contributed by atoms with Crippen molar-refractivity contribution in [2.24, 2.45) is 0 Å². The smallest absolute Gasteiger partial charge is 0.258 e. The molecule has 0 bridgehead atoms. The summed E-state index contributed by atoms with van der Waals surface area (Å²) in [6.45, 7) is 0. The number of ether oxygens (including phenoxy) is 2. The first-order valence-electron chi connectivity index (χ1n) is 7.69. The minimum Gasteiger partial charge on any atom is -0.493 e. The Morgan fingerprint density at radius 2 is 1.36 bits per heavy atom. The van der Waals surface area contributed by atoms with Crippen LogP contribution in [0.15, 0.2) is 59.7 Å². The number of methoxy groups -OCH3 is 2. The highest BCUT2D eigenvalue weighted by Gasteiger charge is 2.30. The highest BCUT2D eigenvalue weighted by Crippen LogP contribution is 2.30. The molecule has 0 unspecified atom stereocenters. The number of nitrogens with one attached hydrogen (secondary N) is 1. The fourth-order valence-electron chi connectivity index (χ4n) is 2.59. The lowest BCUT2D eigenvalue weighted by Crippen LogP contribution is -2.19. The van der Waals surface area contributed by atoms with E-state index in [4.69, 9.17) is 9.47 Å². The molecule has 0 aliphatic carbocycles. The monoisotopic (exact) mass is 335 g/mol. The third kappa shape index (κ3) is 3.45. The molecule has 2 amide bonds. The van der Waals surface area contributed by atoms with Crippen molar-refractivity contribution in [3.63, 3.8) is 0 Å². The number of carbonyl (C=O) groups is 2. The Morgan fingerprint density at radius 1 is 0.760 bits per heavy atom. The van der Waals surface area contributed by atoms with Gasteiger partial charge in [0.15, 0.2) is 11.5 Å². The first-order chi connectivity index (χ1) is 12.1. The van der Waals surface area contributed by atoms with E-state index in [1.165, 1.54) is 0 Å². The molecule has 1 N–H and O–H groups in total. The van der Waals surface area contributed by atoms with Gasteiger partial charge >= 0.3 is 0 Å². The number of hydrogen-bond acceptors (Lipinski definition) is 4. The van der Waals surface area contributed by atoms with E-state index >= 15 is 0 Å². The van der Waals surface area contributed by atoms with E-state index in [1.807, 2.05) is 30.3 Å². The molecule has 25 heavy (non-hydrogen) atoms. The normalized spacial score (nSPS) is 17.0. The van der Waals surface area contributed by atoms with Crippen molar-refractivity contribution in [1.82, 2.24) is 5.32 Å². The zero-order valence-corrected chi connectivity index (χ0v) is 13.9. The summed E-state index contributed by atoms with van der Waals surface area (Å²) in [5.41, 5.74) is 2.24. The van der Waals surface area contributed by atoms with Crippen molar-refractivity contribution in [3.05, 3.63) is 70.8 Å². The Bertz CT molecular complexity index is 882. The van der Waals surface area contributed by atoms with Crippen molar-refractivity contribution < 1.29 is 19.1 Å². The lowest BCUT2D eigenvalue weighted by Gasteiger charge is -2.08. The molecule has 0 saturated carbocycles. The quantitative estimate of drug-likeness (QED) is 0.689. The standard InChI is InChI=1S/C20H17NO4/c1-24-17-9-8-14(12-18(17)25-2)11-16-15(19(22)21-20(16)23)10-13-6-4-3-5-7-13/h3-12H,1-2H3,(H,21,22,23)/b15-10+,16-11+. The van der Waals surface area contributed by atoms with Crippen LogP contribution in [0.3, 0.4) is 0 Å². The van der Waals surface area contributed by atoms with Gasteiger partial charge in [-0.15, -0.1) is 0 Å². The van der Waals surface area contributed by atoms with Crippen LogP contribution >= 0.6 is 0 Å². The first-order valence-corrected chi connectivity index (χ1v) is 7.69. The highest BCUT2D eigenvalue weighted by atomic mass is 16.5. The molecule has 5 heteroatoms. The van der Waals surface area contributed by atoms with Crippen LogP contribution in [0, 0.1) is 0 Å². The fourth-order valence-corrected chi connectivity index (χ4v) is 2.59. The van der Waals surface area contributed by atoms with Gasteiger partial charge in [-0.25, -0.2) is 0 Å². The van der Waals surface area contributed by atoms with Gasteiger partial charge in [0.25, 0.3) is 11.8 Å². The molecular weight excluding hydrogens is 318 g/mol. The van der Waals surface area contributed by atoms with Gasteiger partial charge < -0.3 is 9.47 Å². The lowest BCUT2D eigenvalue weighted by molar-refractivity contribution is -0.123. The van der Waals surface area contributed by atoms with Gasteiger partial charge in [-0.2, -0.15) is 0 Å². The molecule has 2 aromatic carbocycles. The number of amides is 2. The molecule has 0 spiro atoms. The molecule has 1 aliphatic rings. The zero-order valence-electron chi connectivity index (χ0n) is 13.9. The second kappa shape index (κ2) is 7.05. The highest BCUT2D eigenvalue weighted by molar-refractivity contribution is 6.28. The van der Waals surface area contributed by atoms with E-state index in [0.29, 0.717) is 22.6 Å². The summed E-state index contributed by atoms with van der Waals surface area (Å²) in [4.78, 5) is 24.3. The zero-order chi connectivity index (χ0) is 17.8. The molecule has 5 nitrogen and oxygen atoms in total. The summed E-state index contributed by atoms with van der Waals surface area (Å²) >= 11 is 0. The van der Waals surface area contributed by atoms with Gasteiger partial charge in [-0.3, -0.25) is 14.9 Å². The molecular formula is C20H17NO4. The summed E-state index contributed by atoms with van der Waals surface area (Å²) in [5, 5.41) is 2.34. The van der Waals surface area contributed by atoms with Crippen LogP contribution in [0.4, 0.5) is 0 Å². The van der Waals surface area contributed by atoms with E-state index in [0.717, 1.165) is 11.1 Å². The van der Waals surface area contributed by atoms with Gasteiger partial charge in [-0.1, -0.05) is 36.4 Å². The largest absolute Gasteiger partial charge is 0.493 e. The Morgan fingerprint density at radius 3 is 1.96 bits per heavy atom. The molecule has 1 heterocycles. The molecule has 3 rings (SSSR count). The molecule has 2 aromatic rings. The van der Waals surface area contributed by atoms with Crippen LogP contribution in [0.5, 0.6) is 11.5 Å². The molecule has 0 atom stereocenters. The van der Waals surface area contributed by atoms with Gasteiger partial charge in [0.2, 0.25) is 0 Å². The summed E-state index contributed by atoms with van der Waals surface area (Å²) in [6, 6.07) is 14.7. The summed E-state index contributed by atoms with van der Waals surface area (Å²) in [6.07, 6.45) is 3.36. The molecule has 1 saturated heterocycles. The summed E-state index contributed by atoms with van der Waals surface area (Å²) in [7, 11) is 3.10. The van der Waals surface area contributed by atoms with Crippen molar-refractivity contribution in [2.75, 3.05) is 14.2 Å². The number of imide groups is 1. The number of benzene rings is 2. The van der Waals surface area contributed by atoms with Gasteiger partial charge in [-0.05, 0) is 35.4 Å². The molecule has 1 aliphatic heterocycles. The third-order valence-corrected chi connectivity index (χ3v) is 3.84. The summed E-state index contributed by atoms with van der Waals surface area (Å²) in [5.74, 6) is 0.328. The number of hydrogen-bond donors (Lipinski definition) is 1. The Kier molecular flexibility index (Phi) is 4.66. The predicted octanol–water partition coefficient (Wildman–Crippen LogP) is 2.83. The topological polar surface area (TPSA) is 64.6 Å². The number of rotatable bonds is 4. The van der Waals surface area contributed by atoms with Gasteiger partial charge in [0.1, 0.15) is 0 Å². The fraction of sp³-hybridized carbons (Fsp3) is 0.100. The second-order valence-corrected chi connectivity index (χ2v) is 5.42. The molecule has 1 fully saturated rings. The minimum absolute atomic E-state index is 0.320. The summed E-state index contributed by atoms with van der Waals surface area (Å²) < 4.78 is 10.5. The minimum atomic E-state index is -0.415. The van der Waals surface area contributed by atoms with Gasteiger partial charge in [0, 0.05) is 0 Å². The maximum absolute atomic E-state index is 12.2. The first kappa shape index (κ1) is 16.5. The van der Waals surface area contributed by atoms with Crippen LogP contribution in [-0.2, 0) is 9.59 Å². The van der Waals surface area contributed by atoms with Crippen LogP contribution in [0.2, 0.25) is 0 Å². The van der Waals surface area contributed by atoms with Gasteiger partial charge in [0.05, 0.1) is 25.4 Å². The Balaban J connectivity index is 2.04. The van der Waals surface area contributed by atoms with Crippen LogP contribution in [0.1, 0.15) is 11.1 Å². The lowest BCUT2D eigenvalue weighted by atomic mass is 10.0. The van der Waals surface area contributed by atoms with Crippen molar-refractivity contribution in [1.29, 1.82) is 0 Å². The predicted molar refractivity (Wildman–Crippen MR) is 95.1 cm³/mol. The maximum Gasteiger partial charge on any atom is 0.258 e. The van der Waals surface area contributed by atoms with Crippen LogP contribution in [0.25, 0.3) is 12.2 Å². The van der Waals surface area contributed by atoms with Crippen LogP contribution in [-0.4, -0.2) is 26.0 Å². The van der Waals surface area contributed by atoms with Crippen molar-refractivity contribution in [2.45, 2.75) is 0 Å². The molecule has 0 aromatic heterocycles. The van der Waals surface area contributed by atoms with Crippen molar-refractivity contribution >= 4 is 24.0 Å². The van der Waals surface area contributed by atoms with Crippen molar-refractivity contribution in [3.8, 4) is 11.5 Å². The third-order valence-electron chi connectivity index (χ3n) is 3.84. The SMILES string of the molecule is COc1ccc(/C=C2/C(=O)NC(=O)/C2=C/c2ccccc2)cc1OC. The average molecular weight is 335 g/mol. The second-order valence-electron chi connectivity index (χ2n) is 5.42. The average Bonchev–Trinajstić information content (AvgIpc) is 2.89. The Labute approximate surface area is 145 Å².